The maximum absolute atomic E-state index is 13.4. The number of rotatable bonds is 5. The smallest absolute Gasteiger partial charge is 0.255 e. The number of methoxy groups -OCH3 is 1. The first kappa shape index (κ1) is 21.2. The molecular weight excluding hydrogens is 470 g/mol. The zero-order valence-electron chi connectivity index (χ0n) is 18.3. The lowest BCUT2D eigenvalue weighted by atomic mass is 10.0. The molecule has 0 spiro atoms. The molecule has 5 rings (SSSR count). The summed E-state index contributed by atoms with van der Waals surface area (Å²) in [6, 6.07) is 11.9. The van der Waals surface area contributed by atoms with Crippen LogP contribution < -0.4 is 4.74 Å². The van der Waals surface area contributed by atoms with Crippen LogP contribution in [0.25, 0.3) is 11.1 Å². The third kappa shape index (κ3) is 3.84. The van der Waals surface area contributed by atoms with Gasteiger partial charge in [0.25, 0.3) is 5.91 Å². The van der Waals surface area contributed by atoms with Gasteiger partial charge in [0.15, 0.2) is 0 Å². The van der Waals surface area contributed by atoms with Crippen molar-refractivity contribution in [3.8, 4) is 16.9 Å². The highest BCUT2D eigenvalue weighted by Gasteiger charge is 2.33. The van der Waals surface area contributed by atoms with E-state index in [1.54, 1.807) is 7.11 Å². The lowest BCUT2D eigenvalue weighted by Crippen LogP contribution is -2.27. The summed E-state index contributed by atoms with van der Waals surface area (Å²) in [7, 11) is 1.65. The molecule has 166 valence electrons. The van der Waals surface area contributed by atoms with E-state index in [4.69, 9.17) is 9.47 Å². The number of amides is 1. The molecule has 3 aromatic rings. The molecule has 3 heterocycles. The number of aromatic nitrogens is 2. The van der Waals surface area contributed by atoms with Crippen LogP contribution in [0.15, 0.2) is 53.3 Å². The Balaban J connectivity index is 1.42. The van der Waals surface area contributed by atoms with Crippen LogP contribution >= 0.6 is 15.9 Å². The average Bonchev–Trinajstić information content (AvgIpc) is 3.45. The molecule has 1 saturated heterocycles. The van der Waals surface area contributed by atoms with Gasteiger partial charge in [-0.15, -0.1) is 0 Å². The Labute approximate surface area is 196 Å². The van der Waals surface area contributed by atoms with Crippen LogP contribution in [-0.4, -0.2) is 34.3 Å². The van der Waals surface area contributed by atoms with Gasteiger partial charge < -0.3 is 14.4 Å². The van der Waals surface area contributed by atoms with Crippen molar-refractivity contribution in [2.24, 2.45) is 0 Å². The Morgan fingerprint density at radius 2 is 2.09 bits per heavy atom. The van der Waals surface area contributed by atoms with Crippen molar-refractivity contribution in [1.82, 2.24) is 14.7 Å². The van der Waals surface area contributed by atoms with Gasteiger partial charge in [0, 0.05) is 34.9 Å². The van der Waals surface area contributed by atoms with Gasteiger partial charge >= 0.3 is 0 Å². The summed E-state index contributed by atoms with van der Waals surface area (Å²) < 4.78 is 14.0. The molecule has 0 aliphatic carbocycles. The summed E-state index contributed by atoms with van der Waals surface area (Å²) in [6.07, 6.45) is 7.10. The van der Waals surface area contributed by atoms with Gasteiger partial charge in [0.2, 0.25) is 0 Å². The lowest BCUT2D eigenvalue weighted by Gasteiger charge is -2.25. The van der Waals surface area contributed by atoms with E-state index in [2.05, 4.69) is 34.0 Å². The normalized spacial score (nSPS) is 19.2. The minimum absolute atomic E-state index is 0.00351. The topological polar surface area (TPSA) is 56.6 Å². The van der Waals surface area contributed by atoms with Gasteiger partial charge in [0.05, 0.1) is 19.3 Å². The molecule has 0 radical (unpaired) electrons. The predicted molar refractivity (Wildman–Crippen MR) is 125 cm³/mol. The summed E-state index contributed by atoms with van der Waals surface area (Å²) in [5.74, 6) is 0.835. The molecule has 2 aliphatic rings. The number of benzene rings is 2. The van der Waals surface area contributed by atoms with Crippen molar-refractivity contribution < 1.29 is 14.3 Å². The van der Waals surface area contributed by atoms with Gasteiger partial charge in [-0.25, -0.2) is 4.68 Å². The van der Waals surface area contributed by atoms with Gasteiger partial charge in [-0.1, -0.05) is 28.1 Å². The fourth-order valence-electron chi connectivity index (χ4n) is 4.52. The van der Waals surface area contributed by atoms with Crippen molar-refractivity contribution in [3.63, 3.8) is 0 Å². The molecule has 2 aromatic carbocycles. The molecule has 0 bridgehead atoms. The molecule has 1 fully saturated rings. The molecule has 0 N–H and O–H groups in total. The molecule has 0 saturated carbocycles. The van der Waals surface area contributed by atoms with E-state index in [0.29, 0.717) is 6.54 Å². The van der Waals surface area contributed by atoms with Crippen LogP contribution in [0.2, 0.25) is 0 Å². The molecule has 2 atom stereocenters. The second-order valence-electron chi connectivity index (χ2n) is 8.40. The first-order valence-electron chi connectivity index (χ1n) is 11.0. The summed E-state index contributed by atoms with van der Waals surface area (Å²) in [4.78, 5) is 15.3. The minimum Gasteiger partial charge on any atom is -0.497 e. The first-order chi connectivity index (χ1) is 15.5. The van der Waals surface area contributed by atoms with Crippen LogP contribution in [0.5, 0.6) is 5.75 Å². The van der Waals surface area contributed by atoms with Gasteiger partial charge in [-0.05, 0) is 67.1 Å². The molecular formula is C25H26BrN3O3. The monoisotopic (exact) mass is 495 g/mol. The Morgan fingerprint density at radius 3 is 2.88 bits per heavy atom. The number of hydrogen-bond donors (Lipinski definition) is 0. The highest BCUT2D eigenvalue weighted by molar-refractivity contribution is 9.10. The van der Waals surface area contributed by atoms with Crippen molar-refractivity contribution in [1.29, 1.82) is 0 Å². The zero-order valence-corrected chi connectivity index (χ0v) is 19.8. The van der Waals surface area contributed by atoms with Crippen LogP contribution in [0.1, 0.15) is 59.9 Å². The maximum Gasteiger partial charge on any atom is 0.255 e. The number of nitrogens with zero attached hydrogens (tertiary/aromatic N) is 3. The Bertz CT molecular complexity index is 1150. The van der Waals surface area contributed by atoms with E-state index in [1.807, 2.05) is 52.3 Å². The fraction of sp³-hybridized carbons (Fsp3) is 0.360. The summed E-state index contributed by atoms with van der Waals surface area (Å²) in [5.41, 5.74) is 4.77. The highest BCUT2D eigenvalue weighted by Crippen LogP contribution is 2.38. The second-order valence-corrected chi connectivity index (χ2v) is 9.25. The van der Waals surface area contributed by atoms with E-state index in [0.717, 1.165) is 63.9 Å². The Hall–Kier alpha value is -2.64. The fourth-order valence-corrected chi connectivity index (χ4v) is 5.11. The molecule has 2 aliphatic heterocycles. The van der Waals surface area contributed by atoms with Crippen LogP contribution in [0, 0.1) is 0 Å². The Kier molecular flexibility index (Phi) is 5.78. The molecule has 1 amide bonds. The predicted octanol–water partition coefficient (Wildman–Crippen LogP) is 5.74. The third-order valence-corrected chi connectivity index (χ3v) is 7.15. The number of ether oxygens (including phenoxy) is 2. The van der Waals surface area contributed by atoms with Crippen LogP contribution in [-0.2, 0) is 11.3 Å². The average molecular weight is 496 g/mol. The van der Waals surface area contributed by atoms with Gasteiger partial charge in [-0.3, -0.25) is 4.79 Å². The third-order valence-electron chi connectivity index (χ3n) is 6.44. The number of carbonyl (C=O) groups is 1. The van der Waals surface area contributed by atoms with E-state index < -0.39 is 0 Å². The van der Waals surface area contributed by atoms with Crippen LogP contribution in [0.4, 0.5) is 0 Å². The van der Waals surface area contributed by atoms with E-state index >= 15 is 0 Å². The van der Waals surface area contributed by atoms with Crippen molar-refractivity contribution in [2.75, 3.05) is 13.7 Å². The maximum atomic E-state index is 13.4. The SMILES string of the molecule is COc1cccc([C@@H](C)N2Cc3c(Br)cc(-c4cnn(C5CCCCO5)c4)cc3C2=O)c1. The first-order valence-corrected chi connectivity index (χ1v) is 11.8. The van der Waals surface area contributed by atoms with Crippen molar-refractivity contribution >= 4 is 21.8 Å². The molecule has 1 aromatic heterocycles. The van der Waals surface area contributed by atoms with E-state index in [1.165, 1.54) is 0 Å². The minimum atomic E-state index is -0.0634. The quantitative estimate of drug-likeness (QED) is 0.452. The van der Waals surface area contributed by atoms with Crippen molar-refractivity contribution in [2.45, 2.75) is 45.0 Å². The number of fused-ring (bicyclic) bond motifs is 1. The van der Waals surface area contributed by atoms with Crippen LogP contribution in [0.3, 0.4) is 0 Å². The van der Waals surface area contributed by atoms with E-state index in [9.17, 15) is 4.79 Å². The Morgan fingerprint density at radius 1 is 1.22 bits per heavy atom. The molecule has 6 nitrogen and oxygen atoms in total. The standard InChI is InChI=1S/C25H26BrN3O3/c1-16(17-6-5-7-20(10-17)31-2)28-15-22-21(25(28)30)11-18(12-23(22)26)19-13-27-29(14-19)24-8-3-4-9-32-24/h5-7,10-14,16,24H,3-4,8-9,15H2,1-2H3/t16-,24?/m1/s1. The van der Waals surface area contributed by atoms with E-state index in [-0.39, 0.29) is 18.2 Å². The molecule has 1 unspecified atom stereocenters. The number of halogens is 1. The summed E-state index contributed by atoms with van der Waals surface area (Å²) in [5, 5.41) is 4.53. The summed E-state index contributed by atoms with van der Waals surface area (Å²) >= 11 is 3.71. The molecule has 32 heavy (non-hydrogen) atoms. The summed E-state index contributed by atoms with van der Waals surface area (Å²) in [6.45, 7) is 3.41. The number of carbonyl (C=O) groups excluding carboxylic acids is 1. The zero-order chi connectivity index (χ0) is 22.2. The lowest BCUT2D eigenvalue weighted by molar-refractivity contribution is -0.0394. The largest absolute Gasteiger partial charge is 0.497 e. The van der Waals surface area contributed by atoms with Crippen molar-refractivity contribution in [3.05, 3.63) is 70.0 Å². The molecule has 7 heteroatoms. The highest BCUT2D eigenvalue weighted by atomic mass is 79.9. The van der Waals surface area contributed by atoms with Gasteiger partial charge in [0.1, 0.15) is 12.0 Å². The van der Waals surface area contributed by atoms with Gasteiger partial charge in [-0.2, -0.15) is 5.10 Å². The second kappa shape index (κ2) is 8.71. The number of hydrogen-bond acceptors (Lipinski definition) is 4.